The van der Waals surface area contributed by atoms with Gasteiger partial charge in [-0.3, -0.25) is 4.79 Å². The van der Waals surface area contributed by atoms with Gasteiger partial charge in [0.2, 0.25) is 0 Å². The summed E-state index contributed by atoms with van der Waals surface area (Å²) in [6.45, 7) is 6.47. The van der Waals surface area contributed by atoms with Crippen LogP contribution in [0.15, 0.2) is 30.5 Å². The molecule has 3 aromatic rings. The molecule has 1 saturated heterocycles. The minimum absolute atomic E-state index is 0.0148. The molecule has 1 saturated carbocycles. The van der Waals surface area contributed by atoms with Crippen molar-refractivity contribution in [2.75, 3.05) is 24.7 Å². The Kier molecular flexibility index (Phi) is 4.72. The second-order valence-electron chi connectivity index (χ2n) is 7.96. The number of anilines is 1. The zero-order chi connectivity index (χ0) is 20.0. The first-order chi connectivity index (χ1) is 14.1. The number of hydrogen-bond acceptors (Lipinski definition) is 6. The Morgan fingerprint density at radius 1 is 1.31 bits per heavy atom. The lowest BCUT2D eigenvalue weighted by Gasteiger charge is -2.34. The number of rotatable bonds is 4. The number of benzene rings is 1. The van der Waals surface area contributed by atoms with Crippen molar-refractivity contribution in [2.24, 2.45) is 0 Å². The molecule has 150 valence electrons. The van der Waals surface area contributed by atoms with Gasteiger partial charge in [0.15, 0.2) is 5.82 Å². The molecule has 2 aliphatic rings. The molecule has 1 aliphatic heterocycles. The van der Waals surface area contributed by atoms with Crippen molar-refractivity contribution >= 4 is 33.1 Å². The highest BCUT2D eigenvalue weighted by Gasteiger charge is 2.25. The number of fused-ring (bicyclic) bond motifs is 1. The average Bonchev–Trinajstić information content (AvgIpc) is 3.43. The molecule has 0 spiro atoms. The van der Waals surface area contributed by atoms with E-state index < -0.39 is 0 Å². The van der Waals surface area contributed by atoms with Gasteiger partial charge in [-0.25, -0.2) is 0 Å². The molecule has 6 nitrogen and oxygen atoms in total. The molecule has 0 bridgehead atoms. The third-order valence-electron chi connectivity index (χ3n) is 5.63. The van der Waals surface area contributed by atoms with Crippen molar-refractivity contribution in [1.29, 1.82) is 0 Å². The topological polar surface area (TPSA) is 67.4 Å². The SMILES string of the molecule is Cc1ccc(C(=O)NC2CC2)cc1-c1cc2cnnc(N3CCOCC3C)c2s1. The highest BCUT2D eigenvalue weighted by molar-refractivity contribution is 7.22. The highest BCUT2D eigenvalue weighted by atomic mass is 32.1. The van der Waals surface area contributed by atoms with Crippen molar-refractivity contribution < 1.29 is 9.53 Å². The Bertz CT molecular complexity index is 1080. The summed E-state index contributed by atoms with van der Waals surface area (Å²) in [5.41, 5.74) is 2.96. The van der Waals surface area contributed by atoms with Gasteiger partial charge >= 0.3 is 0 Å². The van der Waals surface area contributed by atoms with Gasteiger partial charge in [0.05, 0.1) is 30.2 Å². The van der Waals surface area contributed by atoms with Crippen LogP contribution >= 0.6 is 11.3 Å². The molecule has 1 amide bonds. The summed E-state index contributed by atoms with van der Waals surface area (Å²) in [5.74, 6) is 0.941. The van der Waals surface area contributed by atoms with Crippen molar-refractivity contribution in [3.8, 4) is 10.4 Å². The Morgan fingerprint density at radius 2 is 2.17 bits per heavy atom. The summed E-state index contributed by atoms with van der Waals surface area (Å²) in [5, 5.41) is 12.9. The van der Waals surface area contributed by atoms with Crippen LogP contribution < -0.4 is 10.2 Å². The van der Waals surface area contributed by atoms with Crippen molar-refractivity contribution in [1.82, 2.24) is 15.5 Å². The predicted molar refractivity (Wildman–Crippen MR) is 116 cm³/mol. The lowest BCUT2D eigenvalue weighted by atomic mass is 10.0. The quantitative estimate of drug-likeness (QED) is 0.712. The van der Waals surface area contributed by atoms with Gasteiger partial charge in [0.25, 0.3) is 5.91 Å². The maximum atomic E-state index is 12.5. The summed E-state index contributed by atoms with van der Waals surface area (Å²) >= 11 is 1.72. The molecule has 1 aromatic carbocycles. The largest absolute Gasteiger partial charge is 0.377 e. The Hall–Kier alpha value is -2.51. The number of amides is 1. The van der Waals surface area contributed by atoms with Crippen LogP contribution in [0.3, 0.4) is 0 Å². The van der Waals surface area contributed by atoms with Gasteiger partial charge in [0, 0.05) is 28.4 Å². The number of nitrogens with one attached hydrogen (secondary N) is 1. The molecule has 29 heavy (non-hydrogen) atoms. The summed E-state index contributed by atoms with van der Waals surface area (Å²) in [4.78, 5) is 15.9. The van der Waals surface area contributed by atoms with Crippen LogP contribution in [0, 0.1) is 6.92 Å². The summed E-state index contributed by atoms with van der Waals surface area (Å²) < 4.78 is 6.71. The Labute approximate surface area is 173 Å². The van der Waals surface area contributed by atoms with E-state index in [1.165, 1.54) is 0 Å². The van der Waals surface area contributed by atoms with E-state index in [4.69, 9.17) is 4.74 Å². The van der Waals surface area contributed by atoms with Crippen LogP contribution in [-0.4, -0.2) is 47.9 Å². The molecular formula is C22H24N4O2S. The van der Waals surface area contributed by atoms with Gasteiger partial charge in [-0.15, -0.1) is 16.4 Å². The molecule has 0 radical (unpaired) electrons. The molecule has 1 aliphatic carbocycles. The van der Waals surface area contributed by atoms with E-state index in [9.17, 15) is 4.79 Å². The Morgan fingerprint density at radius 3 is 2.97 bits per heavy atom. The molecular weight excluding hydrogens is 384 g/mol. The molecule has 1 atom stereocenters. The van der Waals surface area contributed by atoms with Crippen molar-refractivity contribution in [3.05, 3.63) is 41.6 Å². The molecule has 2 aromatic heterocycles. The molecule has 1 N–H and O–H groups in total. The van der Waals surface area contributed by atoms with Crippen LogP contribution in [0.2, 0.25) is 0 Å². The molecule has 2 fully saturated rings. The van der Waals surface area contributed by atoms with Crippen molar-refractivity contribution in [2.45, 2.75) is 38.8 Å². The normalized spacial score (nSPS) is 19.5. The lowest BCUT2D eigenvalue weighted by Crippen LogP contribution is -2.44. The molecule has 5 rings (SSSR count). The zero-order valence-electron chi connectivity index (χ0n) is 16.6. The number of carbonyl (C=O) groups excluding carboxylic acids is 1. The number of aryl methyl sites for hydroxylation is 1. The third-order valence-corrected chi connectivity index (χ3v) is 6.81. The first-order valence-corrected chi connectivity index (χ1v) is 10.9. The fourth-order valence-corrected chi connectivity index (χ4v) is 4.97. The van der Waals surface area contributed by atoms with E-state index >= 15 is 0 Å². The number of thiophene rings is 1. The second-order valence-corrected chi connectivity index (χ2v) is 9.01. The van der Waals surface area contributed by atoms with Gasteiger partial charge in [-0.05, 0) is 56.0 Å². The minimum atomic E-state index is 0.0148. The van der Waals surface area contributed by atoms with E-state index in [0.29, 0.717) is 24.8 Å². The maximum Gasteiger partial charge on any atom is 0.251 e. The first kappa shape index (κ1) is 18.5. The average molecular weight is 409 g/mol. The van der Waals surface area contributed by atoms with E-state index in [-0.39, 0.29) is 11.9 Å². The van der Waals surface area contributed by atoms with Crippen LogP contribution in [0.25, 0.3) is 20.5 Å². The monoisotopic (exact) mass is 408 g/mol. The van der Waals surface area contributed by atoms with Gasteiger partial charge < -0.3 is 15.0 Å². The fourth-order valence-electron chi connectivity index (χ4n) is 3.75. The Balaban J connectivity index is 1.54. The minimum Gasteiger partial charge on any atom is -0.377 e. The van der Waals surface area contributed by atoms with Crippen LogP contribution in [0.1, 0.15) is 35.7 Å². The number of nitrogens with zero attached hydrogens (tertiary/aromatic N) is 3. The second kappa shape index (κ2) is 7.39. The molecule has 1 unspecified atom stereocenters. The van der Waals surface area contributed by atoms with E-state index in [1.807, 2.05) is 24.4 Å². The summed E-state index contributed by atoms with van der Waals surface area (Å²) in [7, 11) is 0. The summed E-state index contributed by atoms with van der Waals surface area (Å²) in [6.07, 6.45) is 4.00. The van der Waals surface area contributed by atoms with Crippen LogP contribution in [0.5, 0.6) is 0 Å². The zero-order valence-corrected chi connectivity index (χ0v) is 17.5. The van der Waals surface area contributed by atoms with E-state index in [1.54, 1.807) is 11.3 Å². The lowest BCUT2D eigenvalue weighted by molar-refractivity contribution is 0.0951. The summed E-state index contributed by atoms with van der Waals surface area (Å²) in [6, 6.07) is 8.73. The van der Waals surface area contributed by atoms with E-state index in [0.717, 1.165) is 51.3 Å². The molecule has 7 heteroatoms. The number of aromatic nitrogens is 2. The number of morpholine rings is 1. The number of ether oxygens (including phenoxy) is 1. The fraction of sp³-hybridized carbons (Fsp3) is 0.409. The maximum absolute atomic E-state index is 12.5. The smallest absolute Gasteiger partial charge is 0.251 e. The number of carbonyl (C=O) groups is 1. The van der Waals surface area contributed by atoms with Crippen LogP contribution in [-0.2, 0) is 4.74 Å². The van der Waals surface area contributed by atoms with Gasteiger partial charge in [-0.2, -0.15) is 5.10 Å². The van der Waals surface area contributed by atoms with Gasteiger partial charge in [-0.1, -0.05) is 6.07 Å². The van der Waals surface area contributed by atoms with Crippen molar-refractivity contribution in [3.63, 3.8) is 0 Å². The number of hydrogen-bond donors (Lipinski definition) is 1. The van der Waals surface area contributed by atoms with Crippen LogP contribution in [0.4, 0.5) is 5.82 Å². The van der Waals surface area contributed by atoms with E-state index in [2.05, 4.69) is 40.3 Å². The highest BCUT2D eigenvalue weighted by Crippen LogP contribution is 2.39. The third kappa shape index (κ3) is 3.60. The predicted octanol–water partition coefficient (Wildman–Crippen LogP) is 3.78. The molecule has 3 heterocycles. The first-order valence-electron chi connectivity index (χ1n) is 10.1. The standard InChI is InChI=1S/C22H24N4O2S/c1-13-3-4-15(22(27)24-17-5-6-17)9-18(13)19-10-16-11-23-25-21(20(16)29-19)26-7-8-28-12-14(26)2/h3-4,9-11,14,17H,5-8,12H2,1-2H3,(H,24,27). The van der Waals surface area contributed by atoms with Gasteiger partial charge in [0.1, 0.15) is 0 Å².